The Bertz CT molecular complexity index is 1650. The number of carbonyl (C=O) groups is 5. The van der Waals surface area contributed by atoms with Gasteiger partial charge in [-0.05, 0) is 38.5 Å². The van der Waals surface area contributed by atoms with Crippen LogP contribution in [0.3, 0.4) is 0 Å². The number of hydrogen-bond acceptors (Lipinski definition) is 13. The molecule has 2 saturated carbocycles. The topological polar surface area (TPSA) is 173 Å². The van der Waals surface area contributed by atoms with Gasteiger partial charge in [0, 0.05) is 45.3 Å². The minimum atomic E-state index is -2.22. The molecule has 2 N–H and O–H groups in total. The second kappa shape index (κ2) is 15.9. The Kier molecular flexibility index (Phi) is 12.9. The number of benzene rings is 1. The summed E-state index contributed by atoms with van der Waals surface area (Å²) in [6, 6.07) is 7.61. The molecule has 15 atom stereocenters. The van der Waals surface area contributed by atoms with Crippen molar-refractivity contribution in [2.75, 3.05) is 6.61 Å². The number of nitrogens with one attached hydrogen (secondary N) is 1. The predicted molar refractivity (Wildman–Crippen MR) is 208 cm³/mol. The van der Waals surface area contributed by atoms with Crippen molar-refractivity contribution in [3.05, 3.63) is 47.0 Å². The van der Waals surface area contributed by atoms with E-state index in [1.54, 1.807) is 65.0 Å². The van der Waals surface area contributed by atoms with Crippen LogP contribution in [0.25, 0.3) is 0 Å². The van der Waals surface area contributed by atoms with Crippen molar-refractivity contribution < 1.29 is 57.1 Å². The first-order valence-corrected chi connectivity index (χ1v) is 24.4. The maximum Gasteiger partial charge on any atom is 0.338 e. The summed E-state index contributed by atoms with van der Waals surface area (Å²) >= 11 is 0. The quantitative estimate of drug-likeness (QED) is 0.139. The van der Waals surface area contributed by atoms with Crippen LogP contribution < -0.4 is 5.09 Å². The van der Waals surface area contributed by atoms with Gasteiger partial charge < -0.3 is 33.1 Å². The molecule has 19 heteroatoms. The van der Waals surface area contributed by atoms with Crippen LogP contribution >= 0.6 is 52.2 Å². The Balaban J connectivity index is 1.80. The molecule has 0 aromatic heterocycles. The van der Waals surface area contributed by atoms with Crippen molar-refractivity contribution in [3.8, 4) is 0 Å². The number of ether oxygens (including phenoxy) is 4. The van der Waals surface area contributed by atoms with Gasteiger partial charge in [-0.3, -0.25) is 19.5 Å². The molecule has 4 aliphatic rings. The van der Waals surface area contributed by atoms with Gasteiger partial charge in [0.1, 0.15) is 23.9 Å². The van der Waals surface area contributed by atoms with Crippen molar-refractivity contribution >= 4 is 81.7 Å². The van der Waals surface area contributed by atoms with E-state index >= 15 is 4.79 Å². The number of hydrogen-bond donors (Lipinski definition) is 2. The number of carbonyl (C=O) groups excluding carboxylic acids is 5. The van der Waals surface area contributed by atoms with Crippen molar-refractivity contribution in [2.24, 2.45) is 16.7 Å². The van der Waals surface area contributed by atoms with Gasteiger partial charge in [0.15, 0.2) is 11.7 Å². The number of aliphatic hydroxyl groups is 1. The smallest absolute Gasteiger partial charge is 0.338 e. The number of ketones is 2. The number of rotatable bonds is 11. The first kappa shape index (κ1) is 42.2. The molecule has 3 aliphatic carbocycles. The zero-order valence-corrected chi connectivity index (χ0v) is 36.3. The maximum absolute atomic E-state index is 15.1. The maximum atomic E-state index is 15.1. The van der Waals surface area contributed by atoms with Gasteiger partial charge >= 0.3 is 17.9 Å². The van der Waals surface area contributed by atoms with E-state index in [0.29, 0.717) is 0 Å². The number of fused-ring (bicyclic) bond motifs is 5. The normalized spacial score (nSPS) is 35.1. The van der Waals surface area contributed by atoms with Gasteiger partial charge in [0.05, 0.1) is 37.1 Å². The van der Waals surface area contributed by atoms with Crippen LogP contribution in [0.15, 0.2) is 41.5 Å². The summed E-state index contributed by atoms with van der Waals surface area (Å²) in [4.78, 5) is 70.8. The summed E-state index contributed by atoms with van der Waals surface area (Å²) in [5.41, 5.74) is -6.89. The lowest BCUT2D eigenvalue weighted by molar-refractivity contribution is -0.341. The van der Waals surface area contributed by atoms with E-state index in [4.69, 9.17) is 28.0 Å². The van der Waals surface area contributed by atoms with E-state index < -0.39 is 102 Å². The molecule has 1 aliphatic heterocycles. The molecule has 5 unspecified atom stereocenters. The van der Waals surface area contributed by atoms with Gasteiger partial charge in [0.2, 0.25) is 11.6 Å². The van der Waals surface area contributed by atoms with Gasteiger partial charge in [0.25, 0.3) is 0 Å². The highest BCUT2D eigenvalue weighted by molar-refractivity contribution is 8.41. The molecule has 1 aromatic rings. The average Bonchev–Trinajstić information content (AvgIpc) is 3.07. The van der Waals surface area contributed by atoms with Crippen molar-refractivity contribution in [2.45, 2.75) is 102 Å². The molecule has 286 valence electrons. The highest BCUT2D eigenvalue weighted by atomic mass is 32.4. The summed E-state index contributed by atoms with van der Waals surface area (Å²) in [6.45, 7) is 9.07. The van der Waals surface area contributed by atoms with Crippen molar-refractivity contribution in [1.29, 1.82) is 0 Å². The lowest BCUT2D eigenvalue weighted by atomic mass is 9.45. The second-order valence-electron chi connectivity index (χ2n) is 14.5. The first-order chi connectivity index (χ1) is 24.3. The van der Waals surface area contributed by atoms with E-state index in [1.807, 2.05) is 0 Å². The fourth-order valence-corrected chi connectivity index (χ4v) is 11.1. The molecule has 0 radical (unpaired) electrons. The van der Waals surface area contributed by atoms with Gasteiger partial charge in [-0.1, -0.05) is 68.2 Å². The first-order valence-electron chi connectivity index (χ1n) is 16.7. The summed E-state index contributed by atoms with van der Waals surface area (Å²) in [6.07, 6.45) is -6.08. The minimum absolute atomic E-state index is 0.0695. The summed E-state index contributed by atoms with van der Waals surface area (Å²) in [7, 11) is 8.38. The van der Waals surface area contributed by atoms with Crippen LogP contribution in [0.2, 0.25) is 0 Å². The Hall–Kier alpha value is -0.910. The minimum Gasteiger partial charge on any atom is -0.456 e. The zero-order chi connectivity index (χ0) is 38.6. The SMILES string of the molecule is CC(=O)O[C@@]12CO[C@@H]1C[C@H](OP(P)P)[C@@]1(C)C(=O)C(=O)C3=C(C)[C@@H](OC(=O)[C@H](OPP)[C@H](C)NP)C[C@@](O)([C@@H](OC(=O)c4ccccc4)[C@H]21)C3(C)C. The van der Waals surface area contributed by atoms with Crippen molar-refractivity contribution in [3.63, 3.8) is 0 Å². The van der Waals surface area contributed by atoms with Crippen LogP contribution in [-0.2, 0) is 47.2 Å². The average molecular weight is 836 g/mol. The molecule has 13 nitrogen and oxygen atoms in total. The molecule has 1 heterocycles. The van der Waals surface area contributed by atoms with E-state index in [-0.39, 0.29) is 44.7 Å². The number of Topliss-reactive ketones (excluding diaryl/α,β-unsaturated/α-hetero) is 2. The Morgan fingerprint density at radius 2 is 1.77 bits per heavy atom. The molecule has 0 amide bonds. The number of esters is 3. The molecular formula is C33H47NO12P6. The lowest BCUT2D eigenvalue weighted by Crippen LogP contribution is -2.81. The van der Waals surface area contributed by atoms with E-state index in [0.717, 1.165) is 0 Å². The van der Waals surface area contributed by atoms with Gasteiger partial charge in [-0.2, -0.15) is 0 Å². The summed E-state index contributed by atoms with van der Waals surface area (Å²) in [5.74, 6) is -5.46. The summed E-state index contributed by atoms with van der Waals surface area (Å²) in [5, 5.41) is 16.4. The second-order valence-corrected chi connectivity index (χ2v) is 21.8. The molecular weight excluding hydrogens is 788 g/mol. The monoisotopic (exact) mass is 835 g/mol. The van der Waals surface area contributed by atoms with Gasteiger partial charge in [-0.15, -0.1) is 0 Å². The standard InChI is InChI=1S/C33H47NO12P6/c1-15-19(42-29(39)24(45-51-48)16(2)34-47)13-33(40)27(43-28(38)18-10-8-7-9-11-18)25-31(6,26(37)23(36)22(15)30(33,4)5)20(46-52(49)50)12-21-32(25,14-41-21)44-17(3)35/h7-11,16,19-21,24-25,27,34,40,51H,12-14,47-50H2,1-6H3/t16-,19-,20-,21+,24+,25-,27-,31+,32-,33+/m0/s1. The van der Waals surface area contributed by atoms with Gasteiger partial charge in [-0.25, -0.2) is 9.59 Å². The molecule has 1 saturated heterocycles. The predicted octanol–water partition coefficient (Wildman–Crippen LogP) is 4.38. The summed E-state index contributed by atoms with van der Waals surface area (Å²) < 4.78 is 36.7. The molecule has 3 fully saturated rings. The van der Waals surface area contributed by atoms with E-state index in [9.17, 15) is 24.3 Å². The van der Waals surface area contributed by atoms with Crippen LogP contribution in [0.1, 0.15) is 64.7 Å². The fourth-order valence-electron chi connectivity index (χ4n) is 8.56. The molecule has 0 spiro atoms. The molecule has 1 aromatic carbocycles. The third kappa shape index (κ3) is 7.03. The zero-order valence-electron chi connectivity index (χ0n) is 29.7. The fraction of sp³-hybridized carbons (Fsp3) is 0.606. The Morgan fingerprint density at radius 3 is 2.31 bits per heavy atom. The molecule has 2 bridgehead atoms. The third-order valence-electron chi connectivity index (χ3n) is 11.3. The van der Waals surface area contributed by atoms with E-state index in [2.05, 4.69) is 41.3 Å². The van der Waals surface area contributed by atoms with Crippen molar-refractivity contribution in [1.82, 2.24) is 5.09 Å². The Morgan fingerprint density at radius 1 is 1.12 bits per heavy atom. The van der Waals surface area contributed by atoms with Crippen LogP contribution in [0.4, 0.5) is 0 Å². The third-order valence-corrected chi connectivity index (χ3v) is 13.9. The lowest BCUT2D eigenvalue weighted by Gasteiger charge is -2.67. The highest BCUT2D eigenvalue weighted by Gasteiger charge is 2.78. The van der Waals surface area contributed by atoms with E-state index in [1.165, 1.54) is 6.92 Å². The molecule has 52 heavy (non-hydrogen) atoms. The highest BCUT2D eigenvalue weighted by Crippen LogP contribution is 2.66. The van der Waals surface area contributed by atoms with Crippen LogP contribution in [0.5, 0.6) is 0 Å². The largest absolute Gasteiger partial charge is 0.456 e. The van der Waals surface area contributed by atoms with Crippen LogP contribution in [0, 0.1) is 16.7 Å². The Labute approximate surface area is 315 Å². The van der Waals surface area contributed by atoms with Crippen LogP contribution in [-0.4, -0.2) is 89.0 Å². The molecule has 5 rings (SSSR count).